The van der Waals surface area contributed by atoms with Crippen LogP contribution in [0.25, 0.3) is 0 Å². The van der Waals surface area contributed by atoms with E-state index >= 15 is 0 Å². The molecule has 0 spiro atoms. The number of rotatable bonds is 12. The van der Waals surface area contributed by atoms with Gasteiger partial charge in [-0.1, -0.05) is 36.7 Å². The molecule has 2 rings (SSSR count). The summed E-state index contributed by atoms with van der Waals surface area (Å²) in [6.45, 7) is 7.42. The molecular formula is C26H35ClFN3O4S. The average Bonchev–Trinajstić information content (AvgIpc) is 2.82. The van der Waals surface area contributed by atoms with Gasteiger partial charge in [-0.3, -0.25) is 13.9 Å². The van der Waals surface area contributed by atoms with Crippen molar-refractivity contribution in [2.24, 2.45) is 0 Å². The lowest BCUT2D eigenvalue weighted by Crippen LogP contribution is -2.49. The molecule has 0 aliphatic carbocycles. The van der Waals surface area contributed by atoms with Gasteiger partial charge >= 0.3 is 0 Å². The van der Waals surface area contributed by atoms with Gasteiger partial charge in [0.15, 0.2) is 0 Å². The molecule has 0 saturated carbocycles. The van der Waals surface area contributed by atoms with Crippen LogP contribution in [0, 0.1) is 12.7 Å². The Bertz CT molecular complexity index is 1160. The molecule has 2 amide bonds. The molecule has 0 radical (unpaired) electrons. The molecule has 0 aromatic heterocycles. The topological polar surface area (TPSA) is 86.8 Å². The minimum Gasteiger partial charge on any atom is -0.352 e. The van der Waals surface area contributed by atoms with Gasteiger partial charge in [0.2, 0.25) is 21.8 Å². The van der Waals surface area contributed by atoms with Gasteiger partial charge in [0.1, 0.15) is 11.9 Å². The number of nitrogens with one attached hydrogen (secondary N) is 1. The Morgan fingerprint density at radius 2 is 1.75 bits per heavy atom. The van der Waals surface area contributed by atoms with E-state index in [4.69, 9.17) is 11.6 Å². The van der Waals surface area contributed by atoms with E-state index in [1.54, 1.807) is 44.2 Å². The van der Waals surface area contributed by atoms with E-state index in [0.717, 1.165) is 12.7 Å². The average molecular weight is 540 g/mol. The number of nitrogens with zero attached hydrogens (tertiary/aromatic N) is 2. The lowest BCUT2D eigenvalue weighted by molar-refractivity contribution is -0.140. The molecule has 2 aromatic rings. The molecule has 10 heteroatoms. The summed E-state index contributed by atoms with van der Waals surface area (Å²) in [4.78, 5) is 27.5. The third kappa shape index (κ3) is 8.20. The summed E-state index contributed by atoms with van der Waals surface area (Å²) in [7, 11) is -3.62. The van der Waals surface area contributed by atoms with Crippen molar-refractivity contribution < 1.29 is 22.4 Å². The molecule has 2 atom stereocenters. The van der Waals surface area contributed by atoms with Crippen LogP contribution in [0.5, 0.6) is 0 Å². The van der Waals surface area contributed by atoms with Crippen molar-refractivity contribution in [3.63, 3.8) is 0 Å². The molecule has 7 nitrogen and oxygen atoms in total. The molecule has 0 aliphatic rings. The number of amides is 2. The van der Waals surface area contributed by atoms with E-state index < -0.39 is 21.9 Å². The van der Waals surface area contributed by atoms with Gasteiger partial charge in [-0.15, -0.1) is 0 Å². The number of hydrogen-bond acceptors (Lipinski definition) is 4. The molecule has 0 bridgehead atoms. The molecule has 1 N–H and O–H groups in total. The molecule has 0 fully saturated rings. The zero-order chi connectivity index (χ0) is 27.0. The van der Waals surface area contributed by atoms with E-state index in [1.165, 1.54) is 21.3 Å². The van der Waals surface area contributed by atoms with Gasteiger partial charge < -0.3 is 10.2 Å². The summed E-state index contributed by atoms with van der Waals surface area (Å²) in [5, 5.41) is 3.34. The highest BCUT2D eigenvalue weighted by Gasteiger charge is 2.27. The van der Waals surface area contributed by atoms with Crippen LogP contribution < -0.4 is 9.62 Å². The van der Waals surface area contributed by atoms with Gasteiger partial charge in [-0.25, -0.2) is 12.8 Å². The lowest BCUT2D eigenvalue weighted by Gasteiger charge is -2.30. The third-order valence-electron chi connectivity index (χ3n) is 6.09. The minimum absolute atomic E-state index is 0.0216. The first-order chi connectivity index (χ1) is 16.8. The van der Waals surface area contributed by atoms with Crippen LogP contribution in [0.1, 0.15) is 51.2 Å². The Hall–Kier alpha value is -2.65. The number of anilines is 1. The third-order valence-corrected chi connectivity index (χ3v) is 7.68. The Morgan fingerprint density at radius 3 is 2.33 bits per heavy atom. The standard InChI is InChI=1S/C26H35ClFN3O4S/c1-6-18(2)29-26(33)20(4)30(17-21-12-14-22(28)15-13-21)25(32)11-8-16-31(36(5,34)35)24-10-7-9-23(27)19(24)3/h7,9-10,12-15,18,20H,6,8,11,16-17H2,1-5H3,(H,29,33)/t18-,20+/m0/s1. The number of carbonyl (C=O) groups excluding carboxylic acids is 2. The summed E-state index contributed by atoms with van der Waals surface area (Å²) >= 11 is 6.19. The second-order valence-corrected chi connectivity index (χ2v) is 11.3. The Labute approximate surface area is 218 Å². The summed E-state index contributed by atoms with van der Waals surface area (Å²) < 4.78 is 39.6. The molecule has 2 aromatic carbocycles. The summed E-state index contributed by atoms with van der Waals surface area (Å²) in [5.74, 6) is -0.981. The Balaban J connectivity index is 2.20. The number of sulfonamides is 1. The van der Waals surface area contributed by atoms with Crippen molar-refractivity contribution in [2.45, 2.75) is 65.6 Å². The van der Waals surface area contributed by atoms with Crippen molar-refractivity contribution in [2.75, 3.05) is 17.1 Å². The second kappa shape index (κ2) is 13.1. The molecule has 0 heterocycles. The number of hydrogen-bond donors (Lipinski definition) is 1. The van der Waals surface area contributed by atoms with Crippen molar-refractivity contribution in [1.29, 1.82) is 0 Å². The lowest BCUT2D eigenvalue weighted by atomic mass is 10.1. The van der Waals surface area contributed by atoms with Gasteiger partial charge in [0, 0.05) is 30.6 Å². The van der Waals surface area contributed by atoms with Crippen LogP contribution in [-0.4, -0.2) is 50.0 Å². The van der Waals surface area contributed by atoms with Crippen LogP contribution in [0.3, 0.4) is 0 Å². The largest absolute Gasteiger partial charge is 0.352 e. The SMILES string of the molecule is CC[C@H](C)NC(=O)[C@@H](C)N(Cc1ccc(F)cc1)C(=O)CCCN(c1cccc(Cl)c1C)S(C)(=O)=O. The van der Waals surface area contributed by atoms with Gasteiger partial charge in [0.25, 0.3) is 0 Å². The van der Waals surface area contributed by atoms with Crippen LogP contribution in [-0.2, 0) is 26.2 Å². The first-order valence-electron chi connectivity index (χ1n) is 11.9. The summed E-state index contributed by atoms with van der Waals surface area (Å²) in [6, 6.07) is 9.97. The Kier molecular flexibility index (Phi) is 10.7. The number of benzene rings is 2. The predicted octanol–water partition coefficient (Wildman–Crippen LogP) is 4.67. The normalized spacial score (nSPS) is 13.1. The van der Waals surface area contributed by atoms with Crippen molar-refractivity contribution in [1.82, 2.24) is 10.2 Å². The Morgan fingerprint density at radius 1 is 1.11 bits per heavy atom. The number of halogens is 2. The molecule has 0 saturated heterocycles. The summed E-state index contributed by atoms with van der Waals surface area (Å²) in [5.41, 5.74) is 1.77. The first kappa shape index (κ1) is 29.6. The predicted molar refractivity (Wildman–Crippen MR) is 142 cm³/mol. The summed E-state index contributed by atoms with van der Waals surface area (Å²) in [6.07, 6.45) is 2.11. The van der Waals surface area contributed by atoms with Crippen LogP contribution in [0.15, 0.2) is 42.5 Å². The minimum atomic E-state index is -3.62. The van der Waals surface area contributed by atoms with Gasteiger partial charge in [-0.05, 0) is 69.0 Å². The van der Waals surface area contributed by atoms with Crippen molar-refractivity contribution in [3.8, 4) is 0 Å². The van der Waals surface area contributed by atoms with Gasteiger partial charge in [0.05, 0.1) is 11.9 Å². The van der Waals surface area contributed by atoms with E-state index in [-0.39, 0.29) is 43.8 Å². The highest BCUT2D eigenvalue weighted by Crippen LogP contribution is 2.28. The molecule has 0 unspecified atom stereocenters. The highest BCUT2D eigenvalue weighted by atomic mass is 35.5. The van der Waals surface area contributed by atoms with Crippen LogP contribution >= 0.6 is 11.6 Å². The monoisotopic (exact) mass is 539 g/mol. The quantitative estimate of drug-likeness (QED) is 0.425. The smallest absolute Gasteiger partial charge is 0.242 e. The van der Waals surface area contributed by atoms with E-state index in [9.17, 15) is 22.4 Å². The van der Waals surface area contributed by atoms with Crippen molar-refractivity contribution >= 4 is 39.1 Å². The maximum absolute atomic E-state index is 13.4. The maximum atomic E-state index is 13.4. The van der Waals surface area contributed by atoms with Crippen LogP contribution in [0.2, 0.25) is 5.02 Å². The molecule has 36 heavy (non-hydrogen) atoms. The van der Waals surface area contributed by atoms with E-state index in [2.05, 4.69) is 5.32 Å². The molecule has 198 valence electrons. The van der Waals surface area contributed by atoms with Gasteiger partial charge in [-0.2, -0.15) is 0 Å². The van der Waals surface area contributed by atoms with Crippen LogP contribution in [0.4, 0.5) is 10.1 Å². The first-order valence-corrected chi connectivity index (χ1v) is 14.1. The van der Waals surface area contributed by atoms with E-state index in [0.29, 0.717) is 21.8 Å². The fourth-order valence-electron chi connectivity index (χ4n) is 3.68. The van der Waals surface area contributed by atoms with E-state index in [1.807, 2.05) is 13.8 Å². The molecular weight excluding hydrogens is 505 g/mol. The zero-order valence-corrected chi connectivity index (χ0v) is 23.0. The fourth-order valence-corrected chi connectivity index (χ4v) is 4.87. The second-order valence-electron chi connectivity index (χ2n) is 8.96. The molecule has 0 aliphatic heterocycles. The maximum Gasteiger partial charge on any atom is 0.242 e. The van der Waals surface area contributed by atoms with Crippen molar-refractivity contribution in [3.05, 3.63) is 64.4 Å². The highest BCUT2D eigenvalue weighted by molar-refractivity contribution is 7.92. The number of carbonyl (C=O) groups is 2. The zero-order valence-electron chi connectivity index (χ0n) is 21.4. The fraction of sp³-hybridized carbons (Fsp3) is 0.462.